The second-order valence-corrected chi connectivity index (χ2v) is 2.55. The summed E-state index contributed by atoms with van der Waals surface area (Å²) in [5.41, 5.74) is 1.79. The van der Waals surface area contributed by atoms with Crippen LogP contribution in [0.25, 0.3) is 0 Å². The van der Waals surface area contributed by atoms with Crippen molar-refractivity contribution in [3.8, 4) is 0 Å². The van der Waals surface area contributed by atoms with E-state index in [0.29, 0.717) is 6.54 Å². The average molecular weight is 173 g/mol. The first-order valence-corrected chi connectivity index (χ1v) is 3.89. The van der Waals surface area contributed by atoms with Crippen LogP contribution in [0.3, 0.4) is 0 Å². The third-order valence-electron chi connectivity index (χ3n) is 1.52. The summed E-state index contributed by atoms with van der Waals surface area (Å²) in [6.07, 6.45) is 1.88. The highest BCUT2D eigenvalue weighted by Crippen LogP contribution is 1.91. The fourth-order valence-electron chi connectivity index (χ4n) is 0.732. The Bertz CT molecular complexity index is 170. The summed E-state index contributed by atoms with van der Waals surface area (Å²) in [5.74, 6) is 3.43. The van der Waals surface area contributed by atoms with E-state index in [0.717, 1.165) is 12.8 Å². The number of nitrogens with zero attached hydrogens (tertiary/aromatic N) is 1. The number of nitrogens with one attached hydrogen (secondary N) is 1. The van der Waals surface area contributed by atoms with Crippen LogP contribution in [0.5, 0.6) is 0 Å². The summed E-state index contributed by atoms with van der Waals surface area (Å²) < 4.78 is 0. The van der Waals surface area contributed by atoms with Crippen LogP contribution in [0.1, 0.15) is 19.8 Å². The fraction of sp³-hybridized carbons (Fsp3) is 0.714. The molecule has 0 aliphatic carbocycles. The third kappa shape index (κ3) is 3.34. The number of rotatable bonds is 3. The van der Waals surface area contributed by atoms with Gasteiger partial charge in [0.1, 0.15) is 0 Å². The maximum atomic E-state index is 11.0. The van der Waals surface area contributed by atoms with Crippen molar-refractivity contribution in [2.24, 2.45) is 5.84 Å². The Morgan fingerprint density at radius 2 is 2.08 bits per heavy atom. The van der Waals surface area contributed by atoms with E-state index in [2.05, 4.69) is 0 Å². The molecule has 5 nitrogen and oxygen atoms in total. The van der Waals surface area contributed by atoms with Gasteiger partial charge >= 0.3 is 11.8 Å². The molecule has 3 N–H and O–H groups in total. The van der Waals surface area contributed by atoms with Gasteiger partial charge in [0.15, 0.2) is 0 Å². The number of carbonyl (C=O) groups excluding carboxylic acids is 2. The number of unbranched alkanes of at least 4 members (excludes halogenated alkanes) is 1. The monoisotopic (exact) mass is 173 g/mol. The molecule has 2 amide bonds. The lowest BCUT2D eigenvalue weighted by atomic mass is 10.3. The minimum Gasteiger partial charge on any atom is -0.337 e. The van der Waals surface area contributed by atoms with Crippen molar-refractivity contribution < 1.29 is 9.59 Å². The van der Waals surface area contributed by atoms with Crippen molar-refractivity contribution in [1.29, 1.82) is 0 Å². The van der Waals surface area contributed by atoms with Gasteiger partial charge in [-0.25, -0.2) is 5.84 Å². The number of nitrogens with two attached hydrogens (primary N) is 1. The molecule has 0 saturated carbocycles. The van der Waals surface area contributed by atoms with E-state index in [1.54, 1.807) is 12.5 Å². The summed E-state index contributed by atoms with van der Waals surface area (Å²) in [6, 6.07) is 0. The van der Waals surface area contributed by atoms with Gasteiger partial charge in [0, 0.05) is 13.6 Å². The van der Waals surface area contributed by atoms with Crippen LogP contribution in [0.4, 0.5) is 0 Å². The lowest BCUT2D eigenvalue weighted by Crippen LogP contribution is -2.44. The van der Waals surface area contributed by atoms with Crippen LogP contribution >= 0.6 is 0 Å². The van der Waals surface area contributed by atoms with E-state index in [1.165, 1.54) is 4.90 Å². The van der Waals surface area contributed by atoms with Crippen molar-refractivity contribution in [3.05, 3.63) is 0 Å². The molecular formula is C7H15N3O2. The van der Waals surface area contributed by atoms with Gasteiger partial charge in [-0.05, 0) is 6.42 Å². The smallest absolute Gasteiger partial charge is 0.323 e. The van der Waals surface area contributed by atoms with Crippen LogP contribution in [0, 0.1) is 0 Å². The number of amides is 2. The number of carbonyl (C=O) groups is 2. The summed E-state index contributed by atoms with van der Waals surface area (Å²) in [4.78, 5) is 23.1. The van der Waals surface area contributed by atoms with Crippen LogP contribution < -0.4 is 11.3 Å². The van der Waals surface area contributed by atoms with Gasteiger partial charge in [0.05, 0.1) is 0 Å². The van der Waals surface area contributed by atoms with Gasteiger partial charge in [-0.1, -0.05) is 13.3 Å². The molecule has 0 atom stereocenters. The Labute approximate surface area is 71.9 Å². The zero-order chi connectivity index (χ0) is 9.56. The zero-order valence-electron chi connectivity index (χ0n) is 7.46. The second-order valence-electron chi connectivity index (χ2n) is 2.55. The first-order chi connectivity index (χ1) is 5.63. The molecule has 12 heavy (non-hydrogen) atoms. The van der Waals surface area contributed by atoms with E-state index in [1.807, 2.05) is 6.92 Å². The molecule has 0 rings (SSSR count). The van der Waals surface area contributed by atoms with Gasteiger partial charge in [-0.3, -0.25) is 15.0 Å². The standard InChI is InChI=1S/C7H15N3O2/c1-3-4-5-10(2)7(12)6(11)9-8/h3-5,8H2,1-2H3,(H,9,11). The van der Waals surface area contributed by atoms with Gasteiger partial charge in [-0.15, -0.1) is 0 Å². The lowest BCUT2D eigenvalue weighted by Gasteiger charge is -2.14. The van der Waals surface area contributed by atoms with Gasteiger partial charge in [0.25, 0.3) is 0 Å². The fourth-order valence-corrected chi connectivity index (χ4v) is 0.732. The number of hydrazine groups is 1. The Hall–Kier alpha value is -1.10. The maximum absolute atomic E-state index is 11.0. The third-order valence-corrected chi connectivity index (χ3v) is 1.52. The molecule has 0 aromatic heterocycles. The quantitative estimate of drug-likeness (QED) is 0.255. The van der Waals surface area contributed by atoms with Gasteiger partial charge in [0.2, 0.25) is 0 Å². The average Bonchev–Trinajstić information content (AvgIpc) is 2.11. The topological polar surface area (TPSA) is 75.4 Å². The Balaban J connectivity index is 3.84. The molecule has 0 aliphatic rings. The highest BCUT2D eigenvalue weighted by Gasteiger charge is 2.15. The maximum Gasteiger partial charge on any atom is 0.323 e. The summed E-state index contributed by atoms with van der Waals surface area (Å²) in [5, 5.41) is 0. The minimum atomic E-state index is -0.770. The van der Waals surface area contributed by atoms with Crippen LogP contribution in [0.2, 0.25) is 0 Å². The summed E-state index contributed by atoms with van der Waals surface area (Å²) in [6.45, 7) is 2.60. The highest BCUT2D eigenvalue weighted by atomic mass is 16.2. The Morgan fingerprint density at radius 1 is 1.50 bits per heavy atom. The molecule has 0 fully saturated rings. The number of likely N-dealkylation sites (N-methyl/N-ethyl adjacent to an activating group) is 1. The molecular weight excluding hydrogens is 158 g/mol. The molecule has 0 unspecified atom stereocenters. The molecule has 0 saturated heterocycles. The van der Waals surface area contributed by atoms with E-state index in [4.69, 9.17) is 5.84 Å². The molecule has 0 spiro atoms. The molecule has 0 aromatic rings. The molecule has 0 bridgehead atoms. The molecule has 0 aliphatic heterocycles. The molecule has 70 valence electrons. The van der Waals surface area contributed by atoms with Crippen molar-refractivity contribution in [2.45, 2.75) is 19.8 Å². The normalized spacial score (nSPS) is 9.25. The van der Waals surface area contributed by atoms with E-state index < -0.39 is 11.8 Å². The van der Waals surface area contributed by atoms with E-state index >= 15 is 0 Å². The lowest BCUT2D eigenvalue weighted by molar-refractivity contribution is -0.145. The molecule has 0 aromatic carbocycles. The van der Waals surface area contributed by atoms with Crippen LogP contribution in [-0.4, -0.2) is 30.3 Å². The molecule has 0 radical (unpaired) electrons. The molecule has 0 heterocycles. The number of hydrogen-bond acceptors (Lipinski definition) is 3. The molecule has 5 heteroatoms. The largest absolute Gasteiger partial charge is 0.337 e. The number of hydrogen-bond donors (Lipinski definition) is 2. The Morgan fingerprint density at radius 3 is 2.50 bits per heavy atom. The zero-order valence-corrected chi connectivity index (χ0v) is 7.46. The van der Waals surface area contributed by atoms with Crippen LogP contribution in [-0.2, 0) is 9.59 Å². The van der Waals surface area contributed by atoms with Gasteiger partial charge < -0.3 is 4.90 Å². The Kier molecular flexibility index (Phi) is 5.03. The first kappa shape index (κ1) is 10.9. The van der Waals surface area contributed by atoms with Gasteiger partial charge in [-0.2, -0.15) is 0 Å². The van der Waals surface area contributed by atoms with Crippen molar-refractivity contribution >= 4 is 11.8 Å². The first-order valence-electron chi connectivity index (χ1n) is 3.89. The van der Waals surface area contributed by atoms with Crippen LogP contribution in [0.15, 0.2) is 0 Å². The van der Waals surface area contributed by atoms with E-state index in [9.17, 15) is 9.59 Å². The summed E-state index contributed by atoms with van der Waals surface area (Å²) >= 11 is 0. The van der Waals surface area contributed by atoms with Crippen molar-refractivity contribution in [2.75, 3.05) is 13.6 Å². The predicted octanol–water partition coefficient (Wildman–Crippen LogP) is -0.765. The summed E-state index contributed by atoms with van der Waals surface area (Å²) in [7, 11) is 1.58. The SMILES string of the molecule is CCCCN(C)C(=O)C(=O)NN. The predicted molar refractivity (Wildman–Crippen MR) is 44.9 cm³/mol. The minimum absolute atomic E-state index is 0.586. The highest BCUT2D eigenvalue weighted by molar-refractivity contribution is 6.34. The van der Waals surface area contributed by atoms with E-state index in [-0.39, 0.29) is 0 Å². The van der Waals surface area contributed by atoms with Crippen molar-refractivity contribution in [3.63, 3.8) is 0 Å². The van der Waals surface area contributed by atoms with Crippen molar-refractivity contribution in [1.82, 2.24) is 10.3 Å². The second kappa shape index (κ2) is 5.54.